The second kappa shape index (κ2) is 5.91. The number of rotatable bonds is 4. The third kappa shape index (κ3) is 3.05. The number of aliphatic carboxylic acids is 1. The molecular weight excluding hydrogens is 279 g/mol. The number of aliphatic hydroxyl groups excluding tert-OH is 1. The monoisotopic (exact) mass is 288 g/mol. The predicted octanol–water partition coefficient (Wildman–Crippen LogP) is 2.11. The van der Waals surface area contributed by atoms with Gasteiger partial charge in [0.15, 0.2) is 6.04 Å². The smallest absolute Gasteiger partial charge is 0.328 e. The number of hydrogen-bond donors (Lipinski definition) is 3. The first-order valence-corrected chi connectivity index (χ1v) is 5.69. The van der Waals surface area contributed by atoms with E-state index < -0.39 is 18.1 Å². The lowest BCUT2D eigenvalue weighted by molar-refractivity contribution is -0.140. The Hall–Kier alpha value is -1.48. The van der Waals surface area contributed by atoms with Crippen LogP contribution in [0, 0.1) is 11.3 Å². The van der Waals surface area contributed by atoms with Crippen LogP contribution in [0.2, 0.25) is 10.0 Å². The Morgan fingerprint density at radius 1 is 1.44 bits per heavy atom. The average Bonchev–Trinajstić information content (AvgIpc) is 2.30. The lowest BCUT2D eigenvalue weighted by Crippen LogP contribution is -2.39. The molecule has 0 unspecified atom stereocenters. The highest BCUT2D eigenvalue weighted by Gasteiger charge is 2.24. The van der Waals surface area contributed by atoms with Crippen LogP contribution in [0.3, 0.4) is 0 Å². The largest absolute Gasteiger partial charge is 0.480 e. The Labute approximate surface area is 114 Å². The normalized spacial score (nSPS) is 13.5. The van der Waals surface area contributed by atoms with Gasteiger partial charge in [0, 0.05) is 0 Å². The number of nitrogens with zero attached hydrogens (tertiary/aromatic N) is 1. The number of anilines is 1. The minimum Gasteiger partial charge on any atom is -0.480 e. The zero-order valence-electron chi connectivity index (χ0n) is 9.32. The molecular formula is C11H10Cl2N2O3. The first-order chi connectivity index (χ1) is 8.38. The molecule has 0 spiro atoms. The van der Waals surface area contributed by atoms with Crippen molar-refractivity contribution in [2.75, 3.05) is 5.32 Å². The van der Waals surface area contributed by atoms with Crippen LogP contribution in [0.5, 0.6) is 0 Å². The molecule has 1 aromatic carbocycles. The second-order valence-electron chi connectivity index (χ2n) is 3.60. The molecule has 18 heavy (non-hydrogen) atoms. The number of carboxylic acids is 1. The van der Waals surface area contributed by atoms with Crippen LogP contribution in [0.4, 0.5) is 5.69 Å². The average molecular weight is 289 g/mol. The molecule has 0 aliphatic rings. The molecule has 5 nitrogen and oxygen atoms in total. The van der Waals surface area contributed by atoms with Crippen molar-refractivity contribution < 1.29 is 15.0 Å². The summed E-state index contributed by atoms with van der Waals surface area (Å²) in [4.78, 5) is 10.9. The highest BCUT2D eigenvalue weighted by molar-refractivity contribution is 6.44. The lowest BCUT2D eigenvalue weighted by Gasteiger charge is -2.19. The van der Waals surface area contributed by atoms with E-state index in [2.05, 4.69) is 5.32 Å². The van der Waals surface area contributed by atoms with Crippen molar-refractivity contribution in [2.24, 2.45) is 0 Å². The van der Waals surface area contributed by atoms with E-state index in [0.29, 0.717) is 0 Å². The SMILES string of the molecule is C[C@H](O)[C@@H](Nc1ccc(C#N)c(Cl)c1Cl)C(=O)O. The van der Waals surface area contributed by atoms with Gasteiger partial charge in [0.25, 0.3) is 0 Å². The van der Waals surface area contributed by atoms with Crippen molar-refractivity contribution in [1.82, 2.24) is 0 Å². The molecule has 1 aromatic rings. The van der Waals surface area contributed by atoms with Gasteiger partial charge in [-0.1, -0.05) is 23.2 Å². The maximum atomic E-state index is 10.9. The van der Waals surface area contributed by atoms with Crippen LogP contribution in [0.25, 0.3) is 0 Å². The van der Waals surface area contributed by atoms with Crippen molar-refractivity contribution in [2.45, 2.75) is 19.1 Å². The maximum Gasteiger partial charge on any atom is 0.328 e. The predicted molar refractivity (Wildman–Crippen MR) is 67.9 cm³/mol. The van der Waals surface area contributed by atoms with Crippen LogP contribution >= 0.6 is 23.2 Å². The molecule has 0 aliphatic heterocycles. The highest BCUT2D eigenvalue weighted by Crippen LogP contribution is 2.33. The topological polar surface area (TPSA) is 93.4 Å². The first-order valence-electron chi connectivity index (χ1n) is 4.94. The van der Waals surface area contributed by atoms with Gasteiger partial charge in [0.05, 0.1) is 27.4 Å². The Morgan fingerprint density at radius 2 is 2.06 bits per heavy atom. The Morgan fingerprint density at radius 3 is 2.50 bits per heavy atom. The van der Waals surface area contributed by atoms with E-state index in [9.17, 15) is 9.90 Å². The van der Waals surface area contributed by atoms with Gasteiger partial charge < -0.3 is 15.5 Å². The molecule has 0 saturated heterocycles. The fraction of sp³-hybridized carbons (Fsp3) is 0.273. The molecule has 96 valence electrons. The van der Waals surface area contributed by atoms with E-state index in [1.54, 1.807) is 0 Å². The molecule has 0 aromatic heterocycles. The van der Waals surface area contributed by atoms with Gasteiger partial charge >= 0.3 is 5.97 Å². The summed E-state index contributed by atoms with van der Waals surface area (Å²) < 4.78 is 0. The summed E-state index contributed by atoms with van der Waals surface area (Å²) in [6.45, 7) is 1.34. The first kappa shape index (κ1) is 14.6. The number of halogens is 2. The molecule has 0 bridgehead atoms. The van der Waals surface area contributed by atoms with E-state index in [0.717, 1.165) is 0 Å². The molecule has 0 saturated carbocycles. The van der Waals surface area contributed by atoms with Gasteiger partial charge in [-0.15, -0.1) is 0 Å². The van der Waals surface area contributed by atoms with Crippen LogP contribution in [-0.4, -0.2) is 28.3 Å². The minimum absolute atomic E-state index is 0.0406. The molecule has 0 radical (unpaired) electrons. The fourth-order valence-electron chi connectivity index (χ4n) is 1.30. The number of carboxylic acid groups (broad SMARTS) is 1. The van der Waals surface area contributed by atoms with Gasteiger partial charge in [0.2, 0.25) is 0 Å². The third-order valence-corrected chi connectivity index (χ3v) is 3.14. The standard InChI is InChI=1S/C11H10Cl2N2O3/c1-5(16)10(11(17)18)15-7-3-2-6(4-14)8(12)9(7)13/h2-3,5,10,15-16H,1H3,(H,17,18)/t5-,10+/m0/s1. The Kier molecular flexibility index (Phi) is 4.79. The van der Waals surface area contributed by atoms with Crippen molar-refractivity contribution in [1.29, 1.82) is 5.26 Å². The van der Waals surface area contributed by atoms with E-state index >= 15 is 0 Å². The van der Waals surface area contributed by atoms with Crippen molar-refractivity contribution >= 4 is 34.9 Å². The number of nitriles is 1. The highest BCUT2D eigenvalue weighted by atomic mass is 35.5. The van der Waals surface area contributed by atoms with Crippen molar-refractivity contribution in [3.63, 3.8) is 0 Å². The van der Waals surface area contributed by atoms with Crippen LogP contribution in [-0.2, 0) is 4.79 Å². The number of carbonyl (C=O) groups is 1. The number of hydrogen-bond acceptors (Lipinski definition) is 4. The molecule has 7 heteroatoms. The van der Waals surface area contributed by atoms with Gasteiger partial charge in [-0.25, -0.2) is 4.79 Å². The van der Waals surface area contributed by atoms with Crippen molar-refractivity contribution in [3.8, 4) is 6.07 Å². The van der Waals surface area contributed by atoms with Gasteiger partial charge in [0.1, 0.15) is 6.07 Å². The maximum absolute atomic E-state index is 10.9. The summed E-state index contributed by atoms with van der Waals surface area (Å²) in [6.07, 6.45) is -1.12. The number of aliphatic hydroxyl groups is 1. The summed E-state index contributed by atoms with van der Waals surface area (Å²) in [7, 11) is 0. The van der Waals surface area contributed by atoms with Gasteiger partial charge in [-0.05, 0) is 19.1 Å². The van der Waals surface area contributed by atoms with Crippen LogP contribution < -0.4 is 5.32 Å². The summed E-state index contributed by atoms with van der Waals surface area (Å²) in [5, 5.41) is 29.6. The van der Waals surface area contributed by atoms with Gasteiger partial charge in [-0.2, -0.15) is 5.26 Å². The second-order valence-corrected chi connectivity index (χ2v) is 4.36. The quantitative estimate of drug-likeness (QED) is 0.789. The molecule has 0 heterocycles. The molecule has 0 fully saturated rings. The zero-order chi connectivity index (χ0) is 13.9. The summed E-state index contributed by atoms with van der Waals surface area (Å²) in [6, 6.07) is 3.49. The molecule has 0 aliphatic carbocycles. The van der Waals surface area contributed by atoms with Crippen LogP contribution in [0.1, 0.15) is 12.5 Å². The Balaban J connectivity index is 3.09. The summed E-state index contributed by atoms with van der Waals surface area (Å²) >= 11 is 11.7. The number of benzene rings is 1. The van der Waals surface area contributed by atoms with E-state index in [-0.39, 0.29) is 21.3 Å². The number of nitrogens with one attached hydrogen (secondary N) is 1. The zero-order valence-corrected chi connectivity index (χ0v) is 10.8. The summed E-state index contributed by atoms with van der Waals surface area (Å²) in [5.74, 6) is -1.22. The van der Waals surface area contributed by atoms with E-state index in [1.807, 2.05) is 6.07 Å². The molecule has 0 amide bonds. The summed E-state index contributed by atoms with van der Waals surface area (Å²) in [5.41, 5.74) is 0.435. The molecule has 1 rings (SSSR count). The lowest BCUT2D eigenvalue weighted by atomic mass is 10.1. The minimum atomic E-state index is -1.22. The van der Waals surface area contributed by atoms with Gasteiger partial charge in [-0.3, -0.25) is 0 Å². The fourth-order valence-corrected chi connectivity index (χ4v) is 1.73. The van der Waals surface area contributed by atoms with Crippen molar-refractivity contribution in [3.05, 3.63) is 27.7 Å². The van der Waals surface area contributed by atoms with E-state index in [4.69, 9.17) is 33.6 Å². The Bertz CT molecular complexity index is 512. The third-order valence-electron chi connectivity index (χ3n) is 2.26. The van der Waals surface area contributed by atoms with E-state index in [1.165, 1.54) is 19.1 Å². The van der Waals surface area contributed by atoms with Crippen LogP contribution in [0.15, 0.2) is 12.1 Å². The molecule has 2 atom stereocenters. The molecule has 3 N–H and O–H groups in total.